The van der Waals surface area contributed by atoms with E-state index < -0.39 is 5.92 Å². The number of halogens is 3. The van der Waals surface area contributed by atoms with Crippen molar-refractivity contribution >= 4 is 0 Å². The van der Waals surface area contributed by atoms with E-state index in [-0.39, 0.29) is 30.6 Å². The number of nitrogens with zero attached hydrogens (tertiary/aromatic N) is 1. The third-order valence-electron chi connectivity index (χ3n) is 3.99. The summed E-state index contributed by atoms with van der Waals surface area (Å²) in [6.45, 7) is 2.78. The quantitative estimate of drug-likeness (QED) is 0.882. The van der Waals surface area contributed by atoms with Gasteiger partial charge in [-0.15, -0.1) is 0 Å². The Morgan fingerprint density at radius 2 is 2.10 bits per heavy atom. The largest absolute Gasteiger partial charge is 0.310 e. The van der Waals surface area contributed by atoms with Crippen molar-refractivity contribution in [3.63, 3.8) is 0 Å². The first-order valence-corrected chi connectivity index (χ1v) is 7.24. The zero-order chi connectivity index (χ0) is 14.6. The molecule has 0 saturated heterocycles. The zero-order valence-electron chi connectivity index (χ0n) is 11.7. The van der Waals surface area contributed by atoms with E-state index in [9.17, 15) is 13.2 Å². The Hall–Kier alpha value is -1.10. The first-order valence-electron chi connectivity index (χ1n) is 7.24. The summed E-state index contributed by atoms with van der Waals surface area (Å²) in [7, 11) is 0. The molecule has 0 radical (unpaired) electrons. The van der Waals surface area contributed by atoms with Crippen LogP contribution < -0.4 is 5.32 Å². The van der Waals surface area contributed by atoms with Crippen molar-refractivity contribution in [1.29, 1.82) is 0 Å². The monoisotopic (exact) mass is 286 g/mol. The van der Waals surface area contributed by atoms with Crippen LogP contribution in [0.4, 0.5) is 13.2 Å². The molecule has 1 aliphatic rings. The summed E-state index contributed by atoms with van der Waals surface area (Å²) in [4.78, 5) is 3.75. The van der Waals surface area contributed by atoms with Crippen molar-refractivity contribution in [3.05, 3.63) is 29.8 Å². The summed E-state index contributed by atoms with van der Waals surface area (Å²) in [5, 5.41) is 3.31. The van der Waals surface area contributed by atoms with Gasteiger partial charge in [-0.3, -0.25) is 4.98 Å². The van der Waals surface area contributed by atoms with Crippen LogP contribution in [-0.4, -0.2) is 17.5 Å². The molecule has 1 aliphatic carbocycles. The van der Waals surface area contributed by atoms with Gasteiger partial charge in [-0.1, -0.05) is 6.92 Å². The highest BCUT2D eigenvalue weighted by Crippen LogP contribution is 2.41. The standard InChI is InChI=1S/C15H21F3N2/c1-2-8-20-14(12-5-9-19-10-13(12)16)11-3-6-15(17,18)7-4-11/h5,9-11,14,20H,2-4,6-8H2,1H3. The molecular formula is C15H21F3N2. The number of aromatic nitrogens is 1. The minimum Gasteiger partial charge on any atom is -0.310 e. The molecule has 0 aromatic carbocycles. The maximum atomic E-state index is 13.9. The average Bonchev–Trinajstić information content (AvgIpc) is 2.42. The highest BCUT2D eigenvalue weighted by molar-refractivity contribution is 5.18. The topological polar surface area (TPSA) is 24.9 Å². The van der Waals surface area contributed by atoms with Crippen LogP contribution in [0.25, 0.3) is 0 Å². The van der Waals surface area contributed by atoms with Gasteiger partial charge in [0.1, 0.15) is 5.82 Å². The van der Waals surface area contributed by atoms with Crippen molar-refractivity contribution in [1.82, 2.24) is 10.3 Å². The summed E-state index contributed by atoms with van der Waals surface area (Å²) < 4.78 is 40.5. The van der Waals surface area contributed by atoms with E-state index >= 15 is 0 Å². The van der Waals surface area contributed by atoms with Crippen molar-refractivity contribution in [2.24, 2.45) is 5.92 Å². The first-order chi connectivity index (χ1) is 9.53. The Kier molecular flexibility index (Phi) is 5.02. The highest BCUT2D eigenvalue weighted by Gasteiger charge is 2.38. The van der Waals surface area contributed by atoms with Gasteiger partial charge in [0, 0.05) is 30.6 Å². The predicted molar refractivity (Wildman–Crippen MR) is 72.1 cm³/mol. The fourth-order valence-electron chi connectivity index (χ4n) is 2.86. The van der Waals surface area contributed by atoms with Gasteiger partial charge >= 0.3 is 0 Å². The molecule has 1 fully saturated rings. The molecule has 1 aromatic rings. The number of hydrogen-bond acceptors (Lipinski definition) is 2. The molecule has 0 aliphatic heterocycles. The molecule has 0 amide bonds. The van der Waals surface area contributed by atoms with E-state index in [2.05, 4.69) is 10.3 Å². The lowest BCUT2D eigenvalue weighted by Crippen LogP contribution is -2.35. The van der Waals surface area contributed by atoms with Gasteiger partial charge in [0.25, 0.3) is 0 Å². The summed E-state index contributed by atoms with van der Waals surface area (Å²) >= 11 is 0. The van der Waals surface area contributed by atoms with Crippen LogP contribution in [0.2, 0.25) is 0 Å². The van der Waals surface area contributed by atoms with E-state index in [1.165, 1.54) is 6.20 Å². The van der Waals surface area contributed by atoms with Crippen molar-refractivity contribution < 1.29 is 13.2 Å². The van der Waals surface area contributed by atoms with Crippen LogP contribution in [0.15, 0.2) is 18.5 Å². The van der Waals surface area contributed by atoms with E-state index in [4.69, 9.17) is 0 Å². The lowest BCUT2D eigenvalue weighted by atomic mass is 9.79. The molecule has 1 aromatic heterocycles. The molecule has 0 spiro atoms. The third kappa shape index (κ3) is 3.72. The summed E-state index contributed by atoms with van der Waals surface area (Å²) in [5.74, 6) is -2.86. The molecule has 0 bridgehead atoms. The molecule has 1 saturated carbocycles. The van der Waals surface area contributed by atoms with E-state index in [1.807, 2.05) is 6.92 Å². The Morgan fingerprint density at radius 1 is 1.40 bits per heavy atom. The number of alkyl halides is 2. The minimum atomic E-state index is -2.55. The molecule has 2 nitrogen and oxygen atoms in total. The molecule has 2 rings (SSSR count). The molecule has 20 heavy (non-hydrogen) atoms. The van der Waals surface area contributed by atoms with Gasteiger partial charge in [0.2, 0.25) is 5.92 Å². The van der Waals surface area contributed by atoms with Crippen molar-refractivity contribution in [3.8, 4) is 0 Å². The van der Waals surface area contributed by atoms with Gasteiger partial charge in [-0.25, -0.2) is 13.2 Å². The maximum absolute atomic E-state index is 13.9. The summed E-state index contributed by atoms with van der Waals surface area (Å²) in [6.07, 6.45) is 4.31. The summed E-state index contributed by atoms with van der Waals surface area (Å²) in [5.41, 5.74) is 0.545. The van der Waals surface area contributed by atoms with Crippen LogP contribution in [0.3, 0.4) is 0 Å². The molecule has 1 atom stereocenters. The number of pyridine rings is 1. The van der Waals surface area contributed by atoms with Gasteiger partial charge in [0.15, 0.2) is 0 Å². The van der Waals surface area contributed by atoms with Crippen molar-refractivity contribution in [2.45, 2.75) is 51.0 Å². The SMILES string of the molecule is CCCNC(c1ccncc1F)C1CCC(F)(F)CC1. The van der Waals surface area contributed by atoms with Gasteiger partial charge in [0.05, 0.1) is 6.20 Å². The molecular weight excluding hydrogens is 265 g/mol. The molecule has 112 valence electrons. The van der Waals surface area contributed by atoms with Gasteiger partial charge < -0.3 is 5.32 Å². The predicted octanol–water partition coefficient (Wildman–Crippen LogP) is 4.09. The van der Waals surface area contributed by atoms with E-state index in [1.54, 1.807) is 12.3 Å². The molecule has 1 N–H and O–H groups in total. The van der Waals surface area contributed by atoms with Crippen LogP contribution >= 0.6 is 0 Å². The van der Waals surface area contributed by atoms with Gasteiger partial charge in [-0.2, -0.15) is 0 Å². The average molecular weight is 286 g/mol. The molecule has 1 heterocycles. The second-order valence-corrected chi connectivity index (χ2v) is 5.52. The summed E-state index contributed by atoms with van der Waals surface area (Å²) in [6, 6.07) is 1.45. The number of rotatable bonds is 5. The lowest BCUT2D eigenvalue weighted by Gasteiger charge is -2.34. The molecule has 5 heteroatoms. The fourth-order valence-corrected chi connectivity index (χ4v) is 2.86. The van der Waals surface area contributed by atoms with Gasteiger partial charge in [-0.05, 0) is 37.8 Å². The van der Waals surface area contributed by atoms with Crippen LogP contribution in [-0.2, 0) is 0 Å². The zero-order valence-corrected chi connectivity index (χ0v) is 11.7. The van der Waals surface area contributed by atoms with E-state index in [0.29, 0.717) is 18.4 Å². The Bertz CT molecular complexity index is 427. The van der Waals surface area contributed by atoms with Crippen LogP contribution in [0, 0.1) is 11.7 Å². The minimum absolute atomic E-state index is 0.0538. The Balaban J connectivity index is 2.14. The normalized spacial score (nSPS) is 20.8. The second-order valence-electron chi connectivity index (χ2n) is 5.52. The second kappa shape index (κ2) is 6.57. The number of hydrogen-bond donors (Lipinski definition) is 1. The number of nitrogens with one attached hydrogen (secondary N) is 1. The lowest BCUT2D eigenvalue weighted by molar-refractivity contribution is -0.0498. The highest BCUT2D eigenvalue weighted by atomic mass is 19.3. The van der Waals surface area contributed by atoms with Crippen LogP contribution in [0.5, 0.6) is 0 Å². The molecule has 1 unspecified atom stereocenters. The fraction of sp³-hybridized carbons (Fsp3) is 0.667. The maximum Gasteiger partial charge on any atom is 0.248 e. The first kappa shape index (κ1) is 15.3. The third-order valence-corrected chi connectivity index (χ3v) is 3.99. The Morgan fingerprint density at radius 3 is 2.70 bits per heavy atom. The van der Waals surface area contributed by atoms with E-state index in [0.717, 1.165) is 13.0 Å². The van der Waals surface area contributed by atoms with Crippen LogP contribution in [0.1, 0.15) is 50.6 Å². The smallest absolute Gasteiger partial charge is 0.248 e. The van der Waals surface area contributed by atoms with Crippen molar-refractivity contribution in [2.75, 3.05) is 6.54 Å². The Labute approximate surface area is 117 Å².